The summed E-state index contributed by atoms with van der Waals surface area (Å²) in [5.74, 6) is 0. The molecule has 2 aromatic carbocycles. The first kappa shape index (κ1) is 13.5. The van der Waals surface area contributed by atoms with Gasteiger partial charge in [-0.2, -0.15) is 0 Å². The number of hydrogen-bond donors (Lipinski definition) is 0. The fourth-order valence-corrected chi connectivity index (χ4v) is 4.09. The van der Waals surface area contributed by atoms with Crippen molar-refractivity contribution in [2.24, 2.45) is 0 Å². The highest BCUT2D eigenvalue weighted by atomic mass is 32.2. The van der Waals surface area contributed by atoms with Crippen LogP contribution in [-0.4, -0.2) is 4.55 Å². The molecule has 0 spiro atoms. The standard InChI is InChI=1S/C18H18OS/c1-13-5-3-7-16(12-13)20(19)18-8-4-6-15-11-14(2)9-10-17(15)18/h3,5,7-12H,4,6H2,1-2H3. The zero-order valence-corrected chi connectivity index (χ0v) is 12.7. The van der Waals surface area contributed by atoms with Crippen molar-refractivity contribution >= 4 is 16.1 Å². The Balaban J connectivity index is 2.01. The van der Waals surface area contributed by atoms with Gasteiger partial charge in [0.1, 0.15) is 0 Å². The third kappa shape index (κ3) is 2.54. The average Bonchev–Trinajstić information content (AvgIpc) is 2.45. The van der Waals surface area contributed by atoms with Gasteiger partial charge in [-0.1, -0.05) is 29.8 Å². The van der Waals surface area contributed by atoms with Crippen LogP contribution in [0.1, 0.15) is 28.7 Å². The van der Waals surface area contributed by atoms with Crippen molar-refractivity contribution in [3.8, 4) is 0 Å². The molecule has 1 aliphatic rings. The van der Waals surface area contributed by atoms with E-state index in [2.05, 4.69) is 31.2 Å². The van der Waals surface area contributed by atoms with E-state index in [1.54, 1.807) is 0 Å². The summed E-state index contributed by atoms with van der Waals surface area (Å²) in [5, 5.41) is 0. The monoisotopic (exact) mass is 282 g/mol. The van der Waals surface area contributed by atoms with E-state index in [1.165, 1.54) is 11.1 Å². The Morgan fingerprint density at radius 2 is 1.80 bits per heavy atom. The lowest BCUT2D eigenvalue weighted by Crippen LogP contribution is -2.10. The zero-order chi connectivity index (χ0) is 14.1. The third-order valence-electron chi connectivity index (χ3n) is 3.67. The molecule has 2 heteroatoms. The minimum Gasteiger partial charge on any atom is -0.606 e. The number of allylic oxidation sites excluding steroid dienone is 1. The molecular formula is C18H18OS. The van der Waals surface area contributed by atoms with Gasteiger partial charge in [0.05, 0.1) is 0 Å². The van der Waals surface area contributed by atoms with Gasteiger partial charge < -0.3 is 4.55 Å². The Morgan fingerprint density at radius 3 is 2.60 bits per heavy atom. The molecule has 0 aliphatic heterocycles. The number of aryl methyl sites for hydroxylation is 3. The second-order valence-electron chi connectivity index (χ2n) is 5.35. The molecule has 3 rings (SSSR count). The Hall–Kier alpha value is -1.51. The molecule has 2 aromatic rings. The number of rotatable bonds is 2. The van der Waals surface area contributed by atoms with Crippen LogP contribution in [0, 0.1) is 13.8 Å². The quantitative estimate of drug-likeness (QED) is 0.749. The van der Waals surface area contributed by atoms with Crippen LogP contribution in [0.25, 0.3) is 4.91 Å². The molecule has 1 nitrogen and oxygen atoms in total. The van der Waals surface area contributed by atoms with Crippen LogP contribution in [0.2, 0.25) is 0 Å². The van der Waals surface area contributed by atoms with Crippen molar-refractivity contribution in [3.63, 3.8) is 0 Å². The molecule has 0 saturated heterocycles. The second-order valence-corrected chi connectivity index (χ2v) is 6.80. The van der Waals surface area contributed by atoms with Crippen molar-refractivity contribution in [2.75, 3.05) is 0 Å². The van der Waals surface area contributed by atoms with Crippen molar-refractivity contribution in [1.82, 2.24) is 0 Å². The van der Waals surface area contributed by atoms with E-state index in [1.807, 2.05) is 31.2 Å². The van der Waals surface area contributed by atoms with E-state index in [9.17, 15) is 4.55 Å². The summed E-state index contributed by atoms with van der Waals surface area (Å²) in [4.78, 5) is 1.86. The first-order valence-corrected chi connectivity index (χ1v) is 8.08. The van der Waals surface area contributed by atoms with Crippen LogP contribution >= 0.6 is 0 Å². The van der Waals surface area contributed by atoms with Gasteiger partial charge in [-0.15, -0.1) is 0 Å². The second kappa shape index (κ2) is 5.47. The molecule has 1 aliphatic carbocycles. The Bertz CT molecular complexity index is 673. The van der Waals surface area contributed by atoms with Crippen LogP contribution < -0.4 is 0 Å². The summed E-state index contributed by atoms with van der Waals surface area (Å²) in [6.45, 7) is 4.14. The van der Waals surface area contributed by atoms with Crippen LogP contribution in [0.15, 0.2) is 53.4 Å². The molecule has 1 atom stereocenters. The van der Waals surface area contributed by atoms with E-state index in [0.717, 1.165) is 33.8 Å². The molecule has 20 heavy (non-hydrogen) atoms. The molecule has 102 valence electrons. The summed E-state index contributed by atoms with van der Waals surface area (Å²) < 4.78 is 12.8. The lowest BCUT2D eigenvalue weighted by molar-refractivity contribution is 0.604. The first-order chi connectivity index (χ1) is 9.65. The van der Waals surface area contributed by atoms with Crippen LogP contribution in [0.5, 0.6) is 0 Å². The molecule has 1 unspecified atom stereocenters. The average molecular weight is 282 g/mol. The fraction of sp³-hybridized carbons (Fsp3) is 0.222. The lowest BCUT2D eigenvalue weighted by atomic mass is 9.95. The van der Waals surface area contributed by atoms with Crippen molar-refractivity contribution in [1.29, 1.82) is 0 Å². The van der Waals surface area contributed by atoms with Gasteiger partial charge in [0, 0.05) is 16.7 Å². The maximum absolute atomic E-state index is 12.8. The van der Waals surface area contributed by atoms with Crippen molar-refractivity contribution in [3.05, 3.63) is 70.8 Å². The minimum absolute atomic E-state index is 0.893. The molecule has 0 bridgehead atoms. The number of benzene rings is 2. The van der Waals surface area contributed by atoms with Gasteiger partial charge in [0.25, 0.3) is 0 Å². The summed E-state index contributed by atoms with van der Waals surface area (Å²) in [7, 11) is 0. The summed E-state index contributed by atoms with van der Waals surface area (Å²) >= 11 is -1.09. The van der Waals surface area contributed by atoms with E-state index in [4.69, 9.17) is 0 Å². The van der Waals surface area contributed by atoms with E-state index >= 15 is 0 Å². The Labute approximate surface area is 123 Å². The minimum atomic E-state index is -1.09. The SMILES string of the molecule is Cc1cccc([S+]([O-])C2=CCCc3cc(C)ccc32)c1. The number of fused-ring (bicyclic) bond motifs is 1. The van der Waals surface area contributed by atoms with Crippen LogP contribution in [0.3, 0.4) is 0 Å². The van der Waals surface area contributed by atoms with Gasteiger partial charge >= 0.3 is 0 Å². The molecular weight excluding hydrogens is 264 g/mol. The zero-order valence-electron chi connectivity index (χ0n) is 11.8. The van der Waals surface area contributed by atoms with Crippen LogP contribution in [-0.2, 0) is 17.6 Å². The lowest BCUT2D eigenvalue weighted by Gasteiger charge is -2.20. The van der Waals surface area contributed by atoms with Crippen molar-refractivity contribution in [2.45, 2.75) is 31.6 Å². The smallest absolute Gasteiger partial charge is 0.161 e. The molecule has 0 radical (unpaired) electrons. The predicted octanol–water partition coefficient (Wildman–Crippen LogP) is 4.40. The highest BCUT2D eigenvalue weighted by Gasteiger charge is 2.24. The third-order valence-corrected chi connectivity index (χ3v) is 5.14. The van der Waals surface area contributed by atoms with Gasteiger partial charge in [0.2, 0.25) is 0 Å². The molecule has 0 fully saturated rings. The molecule has 0 heterocycles. The molecule has 0 aromatic heterocycles. The fourth-order valence-electron chi connectivity index (χ4n) is 2.67. The maximum Gasteiger partial charge on any atom is 0.161 e. The summed E-state index contributed by atoms with van der Waals surface area (Å²) in [5.41, 5.74) is 4.90. The Kier molecular flexibility index (Phi) is 3.68. The van der Waals surface area contributed by atoms with Crippen molar-refractivity contribution < 1.29 is 4.55 Å². The molecule has 0 amide bonds. The highest BCUT2D eigenvalue weighted by molar-refractivity contribution is 8.00. The largest absolute Gasteiger partial charge is 0.606 e. The molecule has 0 N–H and O–H groups in total. The predicted molar refractivity (Wildman–Crippen MR) is 85.1 cm³/mol. The Morgan fingerprint density at radius 1 is 1.00 bits per heavy atom. The van der Waals surface area contributed by atoms with Gasteiger partial charge in [-0.25, -0.2) is 0 Å². The highest BCUT2D eigenvalue weighted by Crippen LogP contribution is 2.34. The van der Waals surface area contributed by atoms with Gasteiger partial charge in [0.15, 0.2) is 9.80 Å². The topological polar surface area (TPSA) is 23.1 Å². The van der Waals surface area contributed by atoms with E-state index < -0.39 is 11.2 Å². The molecule has 0 saturated carbocycles. The van der Waals surface area contributed by atoms with E-state index in [-0.39, 0.29) is 0 Å². The van der Waals surface area contributed by atoms with Gasteiger partial charge in [-0.3, -0.25) is 0 Å². The van der Waals surface area contributed by atoms with Crippen LogP contribution in [0.4, 0.5) is 0 Å². The first-order valence-electron chi connectivity index (χ1n) is 6.93. The van der Waals surface area contributed by atoms with Gasteiger partial charge in [-0.05, 0) is 62.1 Å². The maximum atomic E-state index is 12.8. The number of hydrogen-bond acceptors (Lipinski definition) is 1. The summed E-state index contributed by atoms with van der Waals surface area (Å²) in [6, 6.07) is 14.4. The normalized spacial score (nSPS) is 15.4. The van der Waals surface area contributed by atoms with E-state index in [0.29, 0.717) is 0 Å². The summed E-state index contributed by atoms with van der Waals surface area (Å²) in [6.07, 6.45) is 4.16.